The van der Waals surface area contributed by atoms with Crippen LogP contribution in [0.2, 0.25) is 0 Å². The van der Waals surface area contributed by atoms with Crippen molar-refractivity contribution in [1.82, 2.24) is 5.32 Å². The maximum atomic E-state index is 12.9. The van der Waals surface area contributed by atoms with Crippen molar-refractivity contribution in [3.63, 3.8) is 0 Å². The third kappa shape index (κ3) is 5.83. The highest BCUT2D eigenvalue weighted by Gasteiger charge is 2.41. The third-order valence-electron chi connectivity index (χ3n) is 4.98. The first-order valence-electron chi connectivity index (χ1n) is 10.2. The van der Waals surface area contributed by atoms with Crippen LogP contribution in [-0.4, -0.2) is 34.9 Å². The van der Waals surface area contributed by atoms with Crippen LogP contribution in [0.1, 0.15) is 44.4 Å². The average molecular weight is 411 g/mol. The summed E-state index contributed by atoms with van der Waals surface area (Å²) in [6.07, 6.45) is -1.83. The topological polar surface area (TPSA) is 84.9 Å². The number of hydrogen-bond acceptors (Lipinski definition) is 5. The van der Waals surface area contributed by atoms with Gasteiger partial charge in [-0.15, -0.1) is 0 Å². The summed E-state index contributed by atoms with van der Waals surface area (Å²) in [6.45, 7) is 5.29. The van der Waals surface area contributed by atoms with Gasteiger partial charge in [-0.1, -0.05) is 60.7 Å². The zero-order valence-electron chi connectivity index (χ0n) is 17.6. The number of nitrogens with one attached hydrogen (secondary N) is 1. The minimum absolute atomic E-state index is 0.178. The number of cyclic esters (lactones) is 1. The van der Waals surface area contributed by atoms with E-state index in [1.807, 2.05) is 60.7 Å². The molecule has 0 bridgehead atoms. The van der Waals surface area contributed by atoms with Crippen LogP contribution in [0.25, 0.3) is 0 Å². The Labute approximate surface area is 177 Å². The molecule has 0 radical (unpaired) electrons. The van der Waals surface area contributed by atoms with Crippen molar-refractivity contribution < 1.29 is 24.2 Å². The largest absolute Gasteiger partial charge is 0.455 e. The number of ether oxygens (including phenoxy) is 2. The molecule has 1 aliphatic rings. The van der Waals surface area contributed by atoms with Crippen LogP contribution in [-0.2, 0) is 20.7 Å². The molecule has 2 unspecified atom stereocenters. The fraction of sp³-hybridized carbons (Fsp3) is 0.417. The van der Waals surface area contributed by atoms with E-state index in [4.69, 9.17) is 9.47 Å². The third-order valence-corrected chi connectivity index (χ3v) is 4.98. The quantitative estimate of drug-likeness (QED) is 0.748. The number of rotatable bonds is 4. The van der Waals surface area contributed by atoms with Gasteiger partial charge in [0.15, 0.2) is 0 Å². The molecule has 4 atom stereocenters. The first-order chi connectivity index (χ1) is 14.2. The Kier molecular flexibility index (Phi) is 6.77. The molecule has 1 aliphatic heterocycles. The zero-order chi connectivity index (χ0) is 21.7. The normalized spacial score (nSPS) is 24.5. The molecule has 6 nitrogen and oxygen atoms in total. The number of hydrogen-bond donors (Lipinski definition) is 2. The summed E-state index contributed by atoms with van der Waals surface area (Å²) in [5.41, 5.74) is 1.00. The predicted molar refractivity (Wildman–Crippen MR) is 113 cm³/mol. The Bertz CT molecular complexity index is 847. The number of carbonyl (C=O) groups is 2. The molecule has 6 heteroatoms. The smallest absolute Gasteiger partial charge is 0.408 e. The van der Waals surface area contributed by atoms with Gasteiger partial charge in [-0.3, -0.25) is 4.79 Å². The van der Waals surface area contributed by atoms with Gasteiger partial charge >= 0.3 is 12.1 Å². The fourth-order valence-electron chi connectivity index (χ4n) is 3.63. The molecule has 1 heterocycles. The van der Waals surface area contributed by atoms with Gasteiger partial charge in [-0.05, 0) is 44.7 Å². The Morgan fingerprint density at radius 2 is 1.70 bits per heavy atom. The second-order valence-electron chi connectivity index (χ2n) is 8.63. The van der Waals surface area contributed by atoms with E-state index in [-0.39, 0.29) is 12.4 Å². The highest BCUT2D eigenvalue weighted by Crippen LogP contribution is 2.32. The minimum atomic E-state index is -0.983. The van der Waals surface area contributed by atoms with Crippen LogP contribution in [0.15, 0.2) is 60.7 Å². The van der Waals surface area contributed by atoms with Crippen molar-refractivity contribution in [2.45, 2.75) is 57.5 Å². The standard InChI is InChI=1S/C24H29NO5/c1-24(2,3)30-23(28)25-20-19(26)15-18(14-16-10-6-4-7-11-16)22(27)29-21(20)17-12-8-5-9-13-17/h4-13,18-21,26H,14-15H2,1-3H3,(H,25,28)/t18?,19-,20-,21?/m0/s1. The number of aliphatic hydroxyl groups excluding tert-OH is 1. The summed E-state index contributed by atoms with van der Waals surface area (Å²) < 4.78 is 11.2. The maximum Gasteiger partial charge on any atom is 0.408 e. The van der Waals surface area contributed by atoms with Gasteiger partial charge in [0.25, 0.3) is 0 Å². The molecule has 1 fully saturated rings. The Morgan fingerprint density at radius 3 is 2.30 bits per heavy atom. The molecule has 1 amide bonds. The second-order valence-corrected chi connectivity index (χ2v) is 8.63. The first kappa shape index (κ1) is 21.8. The summed E-state index contributed by atoms with van der Waals surface area (Å²) in [5, 5.41) is 13.7. The van der Waals surface area contributed by atoms with Crippen LogP contribution in [0.5, 0.6) is 0 Å². The number of alkyl carbamates (subject to hydrolysis) is 1. The number of benzene rings is 2. The molecule has 0 aromatic heterocycles. The number of aliphatic hydroxyl groups is 1. The summed E-state index contributed by atoms with van der Waals surface area (Å²) in [4.78, 5) is 25.4. The van der Waals surface area contributed by atoms with E-state index in [9.17, 15) is 14.7 Å². The SMILES string of the molecule is CC(C)(C)OC(=O)N[C@@H]1C(c2ccccc2)OC(=O)C(Cc2ccccc2)C[C@@H]1O. The van der Waals surface area contributed by atoms with E-state index in [2.05, 4.69) is 5.32 Å². The van der Waals surface area contributed by atoms with Crippen molar-refractivity contribution in [3.05, 3.63) is 71.8 Å². The van der Waals surface area contributed by atoms with Crippen molar-refractivity contribution in [3.8, 4) is 0 Å². The molecule has 0 saturated carbocycles. The van der Waals surface area contributed by atoms with Crippen LogP contribution in [0.4, 0.5) is 4.79 Å². The lowest BCUT2D eigenvalue weighted by Gasteiger charge is -2.30. The molecule has 2 aromatic rings. The molecule has 2 aromatic carbocycles. The molecule has 160 valence electrons. The summed E-state index contributed by atoms with van der Waals surface area (Å²) >= 11 is 0. The van der Waals surface area contributed by atoms with Crippen LogP contribution in [0.3, 0.4) is 0 Å². The van der Waals surface area contributed by atoms with E-state index in [1.165, 1.54) is 0 Å². The van der Waals surface area contributed by atoms with Crippen molar-refractivity contribution in [2.24, 2.45) is 5.92 Å². The summed E-state index contributed by atoms with van der Waals surface area (Å²) in [6, 6.07) is 17.9. The van der Waals surface area contributed by atoms with Crippen LogP contribution >= 0.6 is 0 Å². The number of amides is 1. The fourth-order valence-corrected chi connectivity index (χ4v) is 3.63. The van der Waals surface area contributed by atoms with Gasteiger partial charge in [0.1, 0.15) is 11.7 Å². The highest BCUT2D eigenvalue weighted by atomic mass is 16.6. The van der Waals surface area contributed by atoms with Crippen molar-refractivity contribution in [2.75, 3.05) is 0 Å². The second kappa shape index (κ2) is 9.30. The highest BCUT2D eigenvalue weighted by molar-refractivity contribution is 5.74. The van der Waals surface area contributed by atoms with E-state index in [0.717, 1.165) is 5.56 Å². The van der Waals surface area contributed by atoms with E-state index < -0.39 is 35.9 Å². The summed E-state index contributed by atoms with van der Waals surface area (Å²) in [5.74, 6) is -0.903. The van der Waals surface area contributed by atoms with Crippen LogP contribution in [0, 0.1) is 5.92 Å². The molecule has 3 rings (SSSR count). The Morgan fingerprint density at radius 1 is 1.10 bits per heavy atom. The molecule has 2 N–H and O–H groups in total. The van der Waals surface area contributed by atoms with Gasteiger partial charge in [-0.25, -0.2) is 4.79 Å². The van der Waals surface area contributed by atoms with Gasteiger partial charge in [0, 0.05) is 0 Å². The molecular formula is C24H29NO5. The summed E-state index contributed by atoms with van der Waals surface area (Å²) in [7, 11) is 0. The lowest BCUT2D eigenvalue weighted by molar-refractivity contribution is -0.154. The van der Waals surface area contributed by atoms with Gasteiger partial charge in [-0.2, -0.15) is 0 Å². The number of carbonyl (C=O) groups excluding carboxylic acids is 2. The Hall–Kier alpha value is -2.86. The van der Waals surface area contributed by atoms with E-state index in [1.54, 1.807) is 20.8 Å². The molecule has 1 saturated heterocycles. The molecule has 0 spiro atoms. The van der Waals surface area contributed by atoms with E-state index in [0.29, 0.717) is 12.0 Å². The maximum absolute atomic E-state index is 12.9. The lowest BCUT2D eigenvalue weighted by atomic mass is 9.90. The number of esters is 1. The molecular weight excluding hydrogens is 382 g/mol. The lowest BCUT2D eigenvalue weighted by Crippen LogP contribution is -2.48. The Balaban J connectivity index is 1.86. The van der Waals surface area contributed by atoms with Gasteiger partial charge in [0.05, 0.1) is 18.1 Å². The average Bonchev–Trinajstić information content (AvgIpc) is 2.80. The first-order valence-corrected chi connectivity index (χ1v) is 10.2. The monoisotopic (exact) mass is 411 g/mol. The van der Waals surface area contributed by atoms with E-state index >= 15 is 0 Å². The van der Waals surface area contributed by atoms with Gasteiger partial charge < -0.3 is 19.9 Å². The van der Waals surface area contributed by atoms with Crippen molar-refractivity contribution in [1.29, 1.82) is 0 Å². The van der Waals surface area contributed by atoms with Gasteiger partial charge in [0.2, 0.25) is 0 Å². The molecule has 0 aliphatic carbocycles. The van der Waals surface area contributed by atoms with Crippen molar-refractivity contribution >= 4 is 12.1 Å². The molecule has 30 heavy (non-hydrogen) atoms. The predicted octanol–water partition coefficient (Wildman–Crippen LogP) is 3.79. The van der Waals surface area contributed by atoms with Crippen LogP contribution < -0.4 is 5.32 Å². The minimum Gasteiger partial charge on any atom is -0.455 e. The zero-order valence-corrected chi connectivity index (χ0v) is 17.6.